The van der Waals surface area contributed by atoms with E-state index in [2.05, 4.69) is 15.6 Å². The Bertz CT molecular complexity index is 884. The molecular weight excluding hydrogens is 355 g/mol. The van der Waals surface area contributed by atoms with Crippen LogP contribution in [-0.4, -0.2) is 14.9 Å². The first-order chi connectivity index (χ1) is 11.1. The summed E-state index contributed by atoms with van der Waals surface area (Å²) in [6.07, 6.45) is 0.768. The van der Waals surface area contributed by atoms with Crippen LogP contribution in [0.3, 0.4) is 0 Å². The van der Waals surface area contributed by atoms with Crippen LogP contribution in [0.2, 0.25) is 10.0 Å². The summed E-state index contributed by atoms with van der Waals surface area (Å²) < 4.78 is 8.10. The molecule has 3 aromatic rings. The Labute approximate surface area is 148 Å². The van der Waals surface area contributed by atoms with Crippen LogP contribution in [-0.2, 0) is 13.0 Å². The molecule has 0 saturated heterocycles. The number of halogens is 2. The third-order valence-electron chi connectivity index (χ3n) is 3.33. The van der Waals surface area contributed by atoms with E-state index >= 15 is 0 Å². The number of aromatic amines is 1. The number of hydrogen-bond donors (Lipinski definition) is 2. The standard InChI is InChI=1S/C15H14Cl2N4OS/c1-2-14-19-20-15(23)21(14)18-8-10-4-6-13(22-10)11-5-3-9(16)7-12(11)17/h3-7,18H,2,8H2,1H3,(H,20,23). The molecule has 2 N–H and O–H groups in total. The zero-order valence-electron chi connectivity index (χ0n) is 12.3. The number of aryl methyl sites for hydroxylation is 1. The molecule has 23 heavy (non-hydrogen) atoms. The highest BCUT2D eigenvalue weighted by Gasteiger charge is 2.10. The van der Waals surface area contributed by atoms with Crippen LogP contribution in [0.1, 0.15) is 18.5 Å². The Kier molecular flexibility index (Phi) is 4.75. The summed E-state index contributed by atoms with van der Waals surface area (Å²) in [5.74, 6) is 2.29. The summed E-state index contributed by atoms with van der Waals surface area (Å²) in [6, 6.07) is 9.07. The molecule has 120 valence electrons. The van der Waals surface area contributed by atoms with E-state index in [4.69, 9.17) is 39.8 Å². The van der Waals surface area contributed by atoms with Gasteiger partial charge in [-0.1, -0.05) is 30.1 Å². The van der Waals surface area contributed by atoms with Crippen LogP contribution in [0.25, 0.3) is 11.3 Å². The van der Waals surface area contributed by atoms with Crippen LogP contribution < -0.4 is 5.43 Å². The fourth-order valence-electron chi connectivity index (χ4n) is 2.19. The molecular formula is C15H14Cl2N4OS. The summed E-state index contributed by atoms with van der Waals surface area (Å²) in [5, 5.41) is 8.05. The number of benzene rings is 1. The lowest BCUT2D eigenvalue weighted by atomic mass is 10.2. The molecule has 5 nitrogen and oxygen atoms in total. The van der Waals surface area contributed by atoms with E-state index in [1.165, 1.54) is 0 Å². The predicted octanol–water partition coefficient (Wildman–Crippen LogP) is 4.81. The maximum absolute atomic E-state index is 6.20. The molecule has 2 heterocycles. The van der Waals surface area contributed by atoms with Gasteiger partial charge in [-0.15, -0.1) is 0 Å². The second-order valence-electron chi connectivity index (χ2n) is 4.86. The monoisotopic (exact) mass is 368 g/mol. The summed E-state index contributed by atoms with van der Waals surface area (Å²) in [6.45, 7) is 2.49. The molecule has 1 aromatic carbocycles. The fraction of sp³-hybridized carbons (Fsp3) is 0.200. The average Bonchev–Trinajstić information content (AvgIpc) is 3.12. The van der Waals surface area contributed by atoms with Gasteiger partial charge in [0.2, 0.25) is 4.77 Å². The second kappa shape index (κ2) is 6.78. The minimum atomic E-state index is 0.478. The van der Waals surface area contributed by atoms with Gasteiger partial charge in [-0.05, 0) is 42.5 Å². The largest absolute Gasteiger partial charge is 0.459 e. The maximum atomic E-state index is 6.20. The van der Waals surface area contributed by atoms with E-state index < -0.39 is 0 Å². The second-order valence-corrected chi connectivity index (χ2v) is 6.09. The first-order valence-electron chi connectivity index (χ1n) is 7.02. The third-order valence-corrected chi connectivity index (χ3v) is 4.15. The van der Waals surface area contributed by atoms with Crippen molar-refractivity contribution in [2.45, 2.75) is 19.9 Å². The molecule has 3 rings (SSSR count). The highest BCUT2D eigenvalue weighted by molar-refractivity contribution is 7.71. The SMILES string of the molecule is CCc1n[nH]c(=S)n1NCc1ccc(-c2ccc(Cl)cc2Cl)o1. The Morgan fingerprint density at radius 1 is 1.30 bits per heavy atom. The third kappa shape index (κ3) is 3.44. The predicted molar refractivity (Wildman–Crippen MR) is 94.0 cm³/mol. The van der Waals surface area contributed by atoms with E-state index in [-0.39, 0.29) is 0 Å². The number of nitrogens with zero attached hydrogens (tertiary/aromatic N) is 2. The van der Waals surface area contributed by atoms with Crippen molar-refractivity contribution in [1.29, 1.82) is 0 Å². The van der Waals surface area contributed by atoms with Gasteiger partial charge in [0.1, 0.15) is 11.5 Å². The van der Waals surface area contributed by atoms with Gasteiger partial charge in [-0.2, -0.15) is 5.10 Å². The van der Waals surface area contributed by atoms with E-state index in [1.54, 1.807) is 16.8 Å². The Morgan fingerprint density at radius 2 is 2.13 bits per heavy atom. The van der Waals surface area contributed by atoms with Crippen molar-refractivity contribution in [3.63, 3.8) is 0 Å². The van der Waals surface area contributed by atoms with Crippen molar-refractivity contribution in [2.24, 2.45) is 0 Å². The lowest BCUT2D eigenvalue weighted by Gasteiger charge is -2.07. The molecule has 0 amide bonds. The van der Waals surface area contributed by atoms with Crippen LogP contribution in [0.15, 0.2) is 34.7 Å². The first-order valence-corrected chi connectivity index (χ1v) is 8.19. The Balaban J connectivity index is 1.77. The summed E-state index contributed by atoms with van der Waals surface area (Å²) in [5.41, 5.74) is 3.99. The minimum Gasteiger partial charge on any atom is -0.459 e. The average molecular weight is 369 g/mol. The molecule has 0 radical (unpaired) electrons. The highest BCUT2D eigenvalue weighted by Crippen LogP contribution is 2.31. The van der Waals surface area contributed by atoms with Crippen LogP contribution in [0.4, 0.5) is 0 Å². The zero-order chi connectivity index (χ0) is 16.4. The summed E-state index contributed by atoms with van der Waals surface area (Å²) in [7, 11) is 0. The fourth-order valence-corrected chi connectivity index (χ4v) is 2.91. The minimum absolute atomic E-state index is 0.478. The van der Waals surface area contributed by atoms with E-state index in [0.29, 0.717) is 27.1 Å². The number of rotatable bonds is 5. The molecule has 0 atom stereocenters. The highest BCUT2D eigenvalue weighted by atomic mass is 35.5. The van der Waals surface area contributed by atoms with Crippen LogP contribution >= 0.6 is 35.4 Å². The molecule has 0 fully saturated rings. The Morgan fingerprint density at radius 3 is 2.87 bits per heavy atom. The van der Waals surface area contributed by atoms with Gasteiger partial charge < -0.3 is 9.84 Å². The molecule has 0 aliphatic rings. The number of furan rings is 1. The van der Waals surface area contributed by atoms with Crippen LogP contribution in [0.5, 0.6) is 0 Å². The Hall–Kier alpha value is -1.76. The van der Waals surface area contributed by atoms with Crippen molar-refractivity contribution in [2.75, 3.05) is 5.43 Å². The molecule has 8 heteroatoms. The molecule has 0 aliphatic carbocycles. The van der Waals surface area contributed by atoms with Gasteiger partial charge in [0.25, 0.3) is 0 Å². The molecule has 2 aromatic heterocycles. The lowest BCUT2D eigenvalue weighted by Crippen LogP contribution is -2.16. The van der Waals surface area contributed by atoms with Gasteiger partial charge >= 0.3 is 0 Å². The number of H-pyrrole nitrogens is 1. The molecule has 0 bridgehead atoms. The van der Waals surface area contributed by atoms with Crippen LogP contribution in [0, 0.1) is 4.77 Å². The smallest absolute Gasteiger partial charge is 0.214 e. The lowest BCUT2D eigenvalue weighted by molar-refractivity contribution is 0.521. The van der Waals surface area contributed by atoms with Crippen molar-refractivity contribution in [3.8, 4) is 11.3 Å². The number of aromatic nitrogens is 3. The van der Waals surface area contributed by atoms with E-state index in [9.17, 15) is 0 Å². The van der Waals surface area contributed by atoms with Gasteiger partial charge in [0, 0.05) is 17.0 Å². The number of hydrogen-bond acceptors (Lipinski definition) is 4. The van der Waals surface area contributed by atoms with Gasteiger partial charge in [-0.25, -0.2) is 4.68 Å². The summed E-state index contributed by atoms with van der Waals surface area (Å²) in [4.78, 5) is 0. The molecule has 0 unspecified atom stereocenters. The quantitative estimate of drug-likeness (QED) is 0.634. The summed E-state index contributed by atoms with van der Waals surface area (Å²) >= 11 is 17.3. The molecule has 0 spiro atoms. The van der Waals surface area contributed by atoms with Crippen molar-refractivity contribution < 1.29 is 4.42 Å². The number of nitrogens with one attached hydrogen (secondary N) is 2. The van der Waals surface area contributed by atoms with Gasteiger partial charge in [0.15, 0.2) is 5.82 Å². The van der Waals surface area contributed by atoms with Crippen molar-refractivity contribution in [1.82, 2.24) is 14.9 Å². The van der Waals surface area contributed by atoms with Crippen molar-refractivity contribution in [3.05, 3.63) is 56.7 Å². The topological polar surface area (TPSA) is 58.8 Å². The zero-order valence-corrected chi connectivity index (χ0v) is 14.6. The van der Waals surface area contributed by atoms with Gasteiger partial charge in [0.05, 0.1) is 11.6 Å². The maximum Gasteiger partial charge on any atom is 0.214 e. The van der Waals surface area contributed by atoms with Crippen molar-refractivity contribution >= 4 is 35.4 Å². The molecule has 0 aliphatic heterocycles. The van der Waals surface area contributed by atoms with E-state index in [1.807, 2.05) is 25.1 Å². The normalized spacial score (nSPS) is 10.9. The van der Waals surface area contributed by atoms with E-state index in [0.717, 1.165) is 23.6 Å². The molecule has 0 saturated carbocycles. The van der Waals surface area contributed by atoms with Gasteiger partial charge in [-0.3, -0.25) is 5.10 Å². The first kappa shape index (κ1) is 16.1.